The molecule has 0 N–H and O–H groups in total. The number of carbonyl (C=O) groups excluding carboxylic acids is 1. The van der Waals surface area contributed by atoms with Crippen molar-refractivity contribution in [2.45, 2.75) is 44.2 Å². The van der Waals surface area contributed by atoms with Gasteiger partial charge in [0.2, 0.25) is 16.9 Å². The Hall–Kier alpha value is -2.69. The smallest absolute Gasteiger partial charge is 0.290 e. The largest absolute Gasteiger partial charge is 0.438 e. The van der Waals surface area contributed by atoms with Gasteiger partial charge in [0, 0.05) is 19.6 Å². The number of hydrogen-bond donors (Lipinski definition) is 0. The van der Waals surface area contributed by atoms with Crippen LogP contribution in [0.4, 0.5) is 0 Å². The van der Waals surface area contributed by atoms with Gasteiger partial charge in [0.05, 0.1) is 17.1 Å². The summed E-state index contributed by atoms with van der Waals surface area (Å²) in [4.78, 5) is 14.6. The van der Waals surface area contributed by atoms with Gasteiger partial charge in [-0.3, -0.25) is 4.79 Å². The summed E-state index contributed by atoms with van der Waals surface area (Å²) < 4.78 is 38.3. The third-order valence-electron chi connectivity index (χ3n) is 5.38. The molecule has 33 heavy (non-hydrogen) atoms. The van der Waals surface area contributed by atoms with E-state index in [0.29, 0.717) is 36.6 Å². The zero-order valence-electron chi connectivity index (χ0n) is 18.2. The van der Waals surface area contributed by atoms with E-state index >= 15 is 0 Å². The van der Waals surface area contributed by atoms with Crippen molar-refractivity contribution in [3.05, 3.63) is 53.1 Å². The van der Waals surface area contributed by atoms with Crippen LogP contribution in [-0.2, 0) is 16.6 Å². The number of hydrogen-bond acceptors (Lipinski definition) is 7. The highest BCUT2D eigenvalue weighted by atomic mass is 35.5. The highest BCUT2D eigenvalue weighted by Gasteiger charge is 2.30. The highest BCUT2D eigenvalue weighted by molar-refractivity contribution is 7.89. The van der Waals surface area contributed by atoms with Crippen molar-refractivity contribution in [1.29, 1.82) is 0 Å². The lowest BCUT2D eigenvalue weighted by Gasteiger charge is -2.24. The van der Waals surface area contributed by atoms with Gasteiger partial charge in [-0.1, -0.05) is 37.1 Å². The number of sulfonamides is 1. The van der Waals surface area contributed by atoms with E-state index in [9.17, 15) is 13.2 Å². The van der Waals surface area contributed by atoms with Crippen molar-refractivity contribution in [1.82, 2.24) is 19.4 Å². The number of piperidine rings is 1. The van der Waals surface area contributed by atoms with Crippen molar-refractivity contribution in [3.63, 3.8) is 0 Å². The van der Waals surface area contributed by atoms with Crippen molar-refractivity contribution < 1.29 is 22.0 Å². The number of benzene rings is 1. The van der Waals surface area contributed by atoms with Gasteiger partial charge in [-0.25, -0.2) is 8.42 Å². The van der Waals surface area contributed by atoms with Crippen LogP contribution in [0.3, 0.4) is 0 Å². The number of carbonyl (C=O) groups is 1. The second-order valence-corrected chi connectivity index (χ2v) is 10.1. The minimum atomic E-state index is -3.76. The van der Waals surface area contributed by atoms with E-state index in [1.165, 1.54) is 21.3 Å². The first kappa shape index (κ1) is 23.5. The second kappa shape index (κ2) is 10.1. The third-order valence-corrected chi connectivity index (χ3v) is 7.48. The summed E-state index contributed by atoms with van der Waals surface area (Å²) >= 11 is 6.19. The first-order chi connectivity index (χ1) is 15.9. The first-order valence-corrected chi connectivity index (χ1v) is 12.7. The molecule has 1 amide bonds. The van der Waals surface area contributed by atoms with Gasteiger partial charge in [0.25, 0.3) is 15.9 Å². The van der Waals surface area contributed by atoms with Gasteiger partial charge in [-0.05, 0) is 43.5 Å². The molecule has 0 saturated carbocycles. The number of aromatic nitrogens is 2. The van der Waals surface area contributed by atoms with E-state index in [4.69, 9.17) is 20.4 Å². The Morgan fingerprint density at radius 2 is 1.85 bits per heavy atom. The average molecular weight is 493 g/mol. The van der Waals surface area contributed by atoms with Crippen LogP contribution in [0.1, 0.15) is 49.1 Å². The van der Waals surface area contributed by atoms with E-state index in [1.807, 2.05) is 13.0 Å². The van der Waals surface area contributed by atoms with Crippen molar-refractivity contribution in [3.8, 4) is 11.5 Å². The Morgan fingerprint density at radius 1 is 1.09 bits per heavy atom. The molecule has 0 aliphatic carbocycles. The normalized spacial score (nSPS) is 15.0. The molecule has 0 atom stereocenters. The molecule has 0 spiro atoms. The minimum Gasteiger partial charge on any atom is -0.438 e. The fourth-order valence-electron chi connectivity index (χ4n) is 3.71. The van der Waals surface area contributed by atoms with Crippen LogP contribution in [0, 0.1) is 0 Å². The Morgan fingerprint density at radius 3 is 2.58 bits per heavy atom. The number of amides is 1. The van der Waals surface area contributed by atoms with Crippen LogP contribution in [0.15, 0.2) is 50.3 Å². The molecular weight excluding hydrogens is 468 g/mol. The van der Waals surface area contributed by atoms with E-state index in [1.54, 1.807) is 18.2 Å². The molecule has 3 heterocycles. The summed E-state index contributed by atoms with van der Waals surface area (Å²) in [5.74, 6) is -0.00819. The topological polar surface area (TPSA) is 110 Å². The lowest BCUT2D eigenvalue weighted by atomic mass is 10.2. The molecule has 3 aromatic rings. The van der Waals surface area contributed by atoms with Gasteiger partial charge in [0.1, 0.15) is 0 Å². The van der Waals surface area contributed by atoms with Crippen LogP contribution in [0.25, 0.3) is 11.5 Å². The molecule has 0 radical (unpaired) electrons. The molecular formula is C22H25ClN4O5S. The van der Waals surface area contributed by atoms with Gasteiger partial charge in [0.15, 0.2) is 5.76 Å². The first-order valence-electron chi connectivity index (χ1n) is 10.9. The maximum atomic E-state index is 13.1. The van der Waals surface area contributed by atoms with Crippen LogP contribution in [0.2, 0.25) is 5.02 Å². The molecule has 1 aromatic carbocycles. The van der Waals surface area contributed by atoms with Gasteiger partial charge in [-0.2, -0.15) is 4.31 Å². The summed E-state index contributed by atoms with van der Waals surface area (Å²) in [6, 6.07) is 9.83. The molecule has 1 saturated heterocycles. The fourth-order valence-corrected chi connectivity index (χ4v) is 5.35. The molecule has 0 bridgehead atoms. The number of halogens is 1. The molecule has 9 nitrogen and oxygen atoms in total. The summed E-state index contributed by atoms with van der Waals surface area (Å²) in [7, 11) is -3.76. The maximum Gasteiger partial charge on any atom is 0.290 e. The molecule has 176 valence electrons. The monoisotopic (exact) mass is 492 g/mol. The molecule has 2 aromatic heterocycles. The highest BCUT2D eigenvalue weighted by Crippen LogP contribution is 2.27. The number of nitrogens with zero attached hydrogens (tertiary/aromatic N) is 4. The molecule has 0 unspecified atom stereocenters. The standard InChI is InChI=1S/C22H25ClN4O5S/c1-2-12-26(15-19-24-25-21(32-19)16-8-4-5-9-17(16)23)22(28)18-10-11-20(31-18)33(29,30)27-13-6-3-7-14-27/h4-5,8-11H,2-3,6-7,12-15H2,1H3. The van der Waals surface area contributed by atoms with Crippen molar-refractivity contribution >= 4 is 27.5 Å². The van der Waals surface area contributed by atoms with Crippen LogP contribution in [0.5, 0.6) is 0 Å². The lowest BCUT2D eigenvalue weighted by Crippen LogP contribution is -2.35. The lowest BCUT2D eigenvalue weighted by molar-refractivity contribution is 0.0690. The molecule has 1 aliphatic rings. The molecule has 1 aliphatic heterocycles. The van der Waals surface area contributed by atoms with E-state index in [2.05, 4.69) is 10.2 Å². The Kier molecular flexibility index (Phi) is 7.16. The average Bonchev–Trinajstić information content (AvgIpc) is 3.50. The maximum absolute atomic E-state index is 13.1. The van der Waals surface area contributed by atoms with Crippen LogP contribution in [-0.4, -0.2) is 53.4 Å². The van der Waals surface area contributed by atoms with Gasteiger partial charge >= 0.3 is 0 Å². The Balaban J connectivity index is 1.51. The third kappa shape index (κ3) is 5.13. The van der Waals surface area contributed by atoms with E-state index in [-0.39, 0.29) is 29.2 Å². The Labute approximate surface area is 197 Å². The van der Waals surface area contributed by atoms with E-state index < -0.39 is 15.9 Å². The number of rotatable bonds is 8. The quantitative estimate of drug-likeness (QED) is 0.463. The summed E-state index contributed by atoms with van der Waals surface area (Å²) in [6.45, 7) is 3.30. The SMILES string of the molecule is CCCN(Cc1nnc(-c2ccccc2Cl)o1)C(=O)c1ccc(S(=O)(=O)N2CCCCC2)o1. The summed E-state index contributed by atoms with van der Waals surface area (Å²) in [5.41, 5.74) is 0.602. The summed E-state index contributed by atoms with van der Waals surface area (Å²) in [5, 5.41) is 8.33. The summed E-state index contributed by atoms with van der Waals surface area (Å²) in [6.07, 6.45) is 3.32. The predicted molar refractivity (Wildman–Crippen MR) is 121 cm³/mol. The van der Waals surface area contributed by atoms with E-state index in [0.717, 1.165) is 19.3 Å². The fraction of sp³-hybridized carbons (Fsp3) is 0.409. The van der Waals surface area contributed by atoms with Crippen molar-refractivity contribution in [2.24, 2.45) is 0 Å². The number of furan rings is 1. The van der Waals surface area contributed by atoms with Gasteiger partial charge in [-0.15, -0.1) is 10.2 Å². The molecule has 4 rings (SSSR count). The zero-order valence-corrected chi connectivity index (χ0v) is 19.8. The van der Waals surface area contributed by atoms with Crippen LogP contribution < -0.4 is 0 Å². The second-order valence-electron chi connectivity index (χ2n) is 7.79. The zero-order chi connectivity index (χ0) is 23.4. The van der Waals surface area contributed by atoms with Gasteiger partial charge < -0.3 is 13.7 Å². The van der Waals surface area contributed by atoms with Crippen molar-refractivity contribution in [2.75, 3.05) is 19.6 Å². The van der Waals surface area contributed by atoms with Crippen LogP contribution >= 0.6 is 11.6 Å². The molecule has 1 fully saturated rings. The predicted octanol–water partition coefficient (Wildman–Crippen LogP) is 4.21. The minimum absolute atomic E-state index is 0.0510. The Bertz CT molecular complexity index is 1220. The molecule has 11 heteroatoms.